The van der Waals surface area contributed by atoms with Crippen molar-refractivity contribution < 1.29 is 8.42 Å². The number of anilines is 1. The van der Waals surface area contributed by atoms with Crippen LogP contribution >= 0.6 is 0 Å². The molecule has 1 saturated heterocycles. The topological polar surface area (TPSA) is 72.5 Å². The zero-order chi connectivity index (χ0) is 26.3. The lowest BCUT2D eigenvalue weighted by Crippen LogP contribution is -2.48. The molecule has 0 atom stereocenters. The van der Waals surface area contributed by atoms with Gasteiger partial charge in [-0.15, -0.1) is 0 Å². The van der Waals surface area contributed by atoms with Gasteiger partial charge in [-0.1, -0.05) is 24.3 Å². The first-order chi connectivity index (χ1) is 17.6. The van der Waals surface area contributed by atoms with Gasteiger partial charge in [0.1, 0.15) is 0 Å². The lowest BCUT2D eigenvalue weighted by Gasteiger charge is -2.38. The van der Waals surface area contributed by atoms with Gasteiger partial charge in [-0.25, -0.2) is 12.7 Å². The van der Waals surface area contributed by atoms with Crippen molar-refractivity contribution in [3.63, 3.8) is 0 Å². The summed E-state index contributed by atoms with van der Waals surface area (Å²) in [6.45, 7) is 10.8. The molecule has 0 saturated carbocycles. The van der Waals surface area contributed by atoms with E-state index in [0.717, 1.165) is 65.3 Å². The molecule has 37 heavy (non-hydrogen) atoms. The standard InChI is InChI=1S/C29H35N5O2S/c1-20(2)33-14-16-34(17-15-33)24-10-6-22(7-11-24)28-19-29-26(21(3)30-28)18-27(31-29)23-8-12-25(13-9-23)37(35,36)32(4)5/h6-13,18-20,31H,14-17H2,1-5H3. The number of H-pyrrole nitrogens is 1. The van der Waals surface area contributed by atoms with Crippen molar-refractivity contribution >= 4 is 26.6 Å². The minimum Gasteiger partial charge on any atom is -0.369 e. The van der Waals surface area contributed by atoms with Gasteiger partial charge in [0, 0.05) is 79.9 Å². The number of piperazine rings is 1. The second-order valence-corrected chi connectivity index (χ2v) is 12.4. The Morgan fingerprint density at radius 3 is 2.11 bits per heavy atom. The maximum absolute atomic E-state index is 12.4. The highest BCUT2D eigenvalue weighted by Crippen LogP contribution is 2.31. The Kier molecular flexibility index (Phi) is 6.83. The lowest BCUT2D eigenvalue weighted by atomic mass is 10.1. The summed E-state index contributed by atoms with van der Waals surface area (Å²) < 4.78 is 26.0. The predicted molar refractivity (Wildman–Crippen MR) is 151 cm³/mol. The number of pyridine rings is 1. The van der Waals surface area contributed by atoms with Crippen molar-refractivity contribution in [1.82, 2.24) is 19.2 Å². The summed E-state index contributed by atoms with van der Waals surface area (Å²) >= 11 is 0. The average Bonchev–Trinajstić information content (AvgIpc) is 3.34. The SMILES string of the molecule is Cc1nc(-c2ccc(N3CCN(C(C)C)CC3)cc2)cc2[nH]c(-c3ccc(S(=O)(=O)N(C)C)cc3)cc12. The molecule has 0 aliphatic carbocycles. The molecule has 1 N–H and O–H groups in total. The van der Waals surface area contributed by atoms with E-state index in [4.69, 9.17) is 4.98 Å². The smallest absolute Gasteiger partial charge is 0.242 e. The van der Waals surface area contributed by atoms with Crippen molar-refractivity contribution in [2.75, 3.05) is 45.2 Å². The molecule has 5 rings (SSSR count). The number of hydrogen-bond acceptors (Lipinski definition) is 5. The molecule has 0 amide bonds. The van der Waals surface area contributed by atoms with Gasteiger partial charge in [-0.2, -0.15) is 0 Å². The molecule has 1 aliphatic heterocycles. The van der Waals surface area contributed by atoms with Crippen molar-refractivity contribution in [2.24, 2.45) is 0 Å². The lowest BCUT2D eigenvalue weighted by molar-refractivity contribution is 0.209. The van der Waals surface area contributed by atoms with Gasteiger partial charge in [0.15, 0.2) is 0 Å². The molecule has 1 aliphatic rings. The van der Waals surface area contributed by atoms with Crippen LogP contribution in [0.15, 0.2) is 65.6 Å². The highest BCUT2D eigenvalue weighted by Gasteiger charge is 2.20. The second kappa shape index (κ2) is 9.93. The molecule has 194 valence electrons. The molecule has 0 unspecified atom stereocenters. The van der Waals surface area contributed by atoms with E-state index < -0.39 is 10.0 Å². The molecule has 4 aromatic rings. The maximum Gasteiger partial charge on any atom is 0.242 e. The molecule has 1 fully saturated rings. The fraction of sp³-hybridized carbons (Fsp3) is 0.345. The Morgan fingerprint density at radius 2 is 1.51 bits per heavy atom. The zero-order valence-corrected chi connectivity index (χ0v) is 23.0. The Morgan fingerprint density at radius 1 is 0.892 bits per heavy atom. The fourth-order valence-corrected chi connectivity index (χ4v) is 5.86. The van der Waals surface area contributed by atoms with Gasteiger partial charge < -0.3 is 9.88 Å². The van der Waals surface area contributed by atoms with E-state index in [2.05, 4.69) is 65.0 Å². The third-order valence-corrected chi connectivity index (χ3v) is 9.15. The summed E-state index contributed by atoms with van der Waals surface area (Å²) in [5.41, 5.74) is 7.10. The molecule has 8 heteroatoms. The number of sulfonamides is 1. The first kappa shape index (κ1) is 25.4. The number of aromatic nitrogens is 2. The Hall–Kier alpha value is -3.20. The number of fused-ring (bicyclic) bond motifs is 1. The molecule has 2 aromatic carbocycles. The fourth-order valence-electron chi connectivity index (χ4n) is 4.95. The number of hydrogen-bond donors (Lipinski definition) is 1. The number of aromatic amines is 1. The normalized spacial score (nSPS) is 15.3. The number of aryl methyl sites for hydroxylation is 1. The van der Waals surface area contributed by atoms with E-state index in [9.17, 15) is 8.42 Å². The van der Waals surface area contributed by atoms with E-state index in [1.54, 1.807) is 12.1 Å². The van der Waals surface area contributed by atoms with Crippen LogP contribution in [-0.2, 0) is 10.0 Å². The van der Waals surface area contributed by atoms with E-state index >= 15 is 0 Å². The Labute approximate surface area is 219 Å². The number of nitrogens with zero attached hydrogens (tertiary/aromatic N) is 4. The molecular formula is C29H35N5O2S. The van der Waals surface area contributed by atoms with Gasteiger partial charge in [-0.3, -0.25) is 9.88 Å². The maximum atomic E-state index is 12.4. The summed E-state index contributed by atoms with van der Waals surface area (Å²) in [6.07, 6.45) is 0. The van der Waals surface area contributed by atoms with Gasteiger partial charge in [-0.05, 0) is 62.7 Å². The third-order valence-electron chi connectivity index (χ3n) is 7.32. The number of nitrogens with one attached hydrogen (secondary N) is 1. The van der Waals surface area contributed by atoms with Crippen LogP contribution in [0, 0.1) is 6.92 Å². The first-order valence-electron chi connectivity index (χ1n) is 12.8. The van der Waals surface area contributed by atoms with E-state index in [1.807, 2.05) is 19.1 Å². The van der Waals surface area contributed by atoms with Crippen molar-refractivity contribution in [3.05, 3.63) is 66.4 Å². The van der Waals surface area contributed by atoms with Gasteiger partial charge in [0.25, 0.3) is 0 Å². The molecule has 0 radical (unpaired) electrons. The molecule has 0 bridgehead atoms. The molecular weight excluding hydrogens is 482 g/mol. The van der Waals surface area contributed by atoms with E-state index in [-0.39, 0.29) is 4.90 Å². The predicted octanol–water partition coefficient (Wildman–Crippen LogP) is 4.99. The average molecular weight is 518 g/mol. The van der Waals surface area contributed by atoms with Crippen LogP contribution in [0.3, 0.4) is 0 Å². The third kappa shape index (κ3) is 5.01. The quantitative estimate of drug-likeness (QED) is 0.390. The van der Waals surface area contributed by atoms with Crippen LogP contribution in [0.2, 0.25) is 0 Å². The Balaban J connectivity index is 1.38. The van der Waals surface area contributed by atoms with Crippen LogP contribution in [-0.4, -0.2) is 73.9 Å². The highest BCUT2D eigenvalue weighted by molar-refractivity contribution is 7.89. The first-order valence-corrected chi connectivity index (χ1v) is 14.2. The largest absolute Gasteiger partial charge is 0.369 e. The summed E-state index contributed by atoms with van der Waals surface area (Å²) in [7, 11) is -0.377. The van der Waals surface area contributed by atoms with Crippen LogP contribution in [0.1, 0.15) is 19.5 Å². The summed E-state index contributed by atoms with van der Waals surface area (Å²) in [6, 6.07) is 20.5. The summed E-state index contributed by atoms with van der Waals surface area (Å²) in [5, 5.41) is 1.06. The highest BCUT2D eigenvalue weighted by atomic mass is 32.2. The minimum atomic E-state index is -3.45. The van der Waals surface area contributed by atoms with Gasteiger partial charge in [0.05, 0.1) is 10.6 Å². The van der Waals surface area contributed by atoms with Crippen LogP contribution in [0.5, 0.6) is 0 Å². The minimum absolute atomic E-state index is 0.280. The van der Waals surface area contributed by atoms with Gasteiger partial charge in [0.2, 0.25) is 10.0 Å². The monoisotopic (exact) mass is 517 g/mol. The summed E-state index contributed by atoms with van der Waals surface area (Å²) in [5.74, 6) is 0. The zero-order valence-electron chi connectivity index (χ0n) is 22.2. The van der Waals surface area contributed by atoms with Crippen molar-refractivity contribution in [2.45, 2.75) is 31.7 Å². The molecule has 0 spiro atoms. The molecule has 7 nitrogen and oxygen atoms in total. The van der Waals surface area contributed by atoms with Crippen LogP contribution in [0.25, 0.3) is 33.4 Å². The van der Waals surface area contributed by atoms with Gasteiger partial charge >= 0.3 is 0 Å². The van der Waals surface area contributed by atoms with Crippen LogP contribution in [0.4, 0.5) is 5.69 Å². The second-order valence-electron chi connectivity index (χ2n) is 10.2. The molecule has 2 aromatic heterocycles. The van der Waals surface area contributed by atoms with E-state index in [0.29, 0.717) is 6.04 Å². The van der Waals surface area contributed by atoms with Crippen LogP contribution < -0.4 is 4.90 Å². The van der Waals surface area contributed by atoms with Crippen molar-refractivity contribution in [1.29, 1.82) is 0 Å². The number of benzene rings is 2. The number of rotatable bonds is 6. The van der Waals surface area contributed by atoms with E-state index in [1.165, 1.54) is 24.1 Å². The molecule has 3 heterocycles. The Bertz CT molecular complexity index is 1500. The van der Waals surface area contributed by atoms with Crippen molar-refractivity contribution in [3.8, 4) is 22.5 Å². The summed E-state index contributed by atoms with van der Waals surface area (Å²) in [4.78, 5) is 13.7.